The zero-order valence-electron chi connectivity index (χ0n) is 27.3. The topological polar surface area (TPSA) is 69.0 Å². The number of carbonyl (C=O) groups excluding carboxylic acids is 1. The number of carbonyl (C=O) groups is 1. The van der Waals surface area contributed by atoms with E-state index in [4.69, 9.17) is 9.41 Å². The predicted octanol–water partition coefficient (Wildman–Crippen LogP) is 9.17. The van der Waals surface area contributed by atoms with E-state index < -0.39 is 8.32 Å². The number of rotatable bonds is 13. The van der Waals surface area contributed by atoms with Crippen LogP contribution >= 0.6 is 0 Å². The maximum Gasteiger partial charge on any atom is 0.250 e. The summed E-state index contributed by atoms with van der Waals surface area (Å²) in [6.07, 6.45) is 14.9. The number of nitrogens with one attached hydrogen (secondary N) is 1. The summed E-state index contributed by atoms with van der Waals surface area (Å²) >= 11 is 0. The van der Waals surface area contributed by atoms with Crippen LogP contribution in [-0.4, -0.2) is 28.8 Å². The van der Waals surface area contributed by atoms with E-state index in [1.54, 1.807) is 6.20 Å². The summed E-state index contributed by atoms with van der Waals surface area (Å²) in [4.78, 5) is 22.4. The molecule has 6 nitrogen and oxygen atoms in total. The van der Waals surface area contributed by atoms with Gasteiger partial charge in [-0.25, -0.2) is 4.98 Å². The van der Waals surface area contributed by atoms with Gasteiger partial charge in [-0.05, 0) is 91.7 Å². The molecule has 0 aliphatic heterocycles. The molecule has 1 aromatic carbocycles. The van der Waals surface area contributed by atoms with Crippen molar-refractivity contribution in [2.45, 2.75) is 103 Å². The molecule has 1 fully saturated rings. The molecule has 1 amide bonds. The van der Waals surface area contributed by atoms with Gasteiger partial charge in [0.25, 0.3) is 0 Å². The van der Waals surface area contributed by atoms with Gasteiger partial charge in [0.05, 0.1) is 12.2 Å². The first-order chi connectivity index (χ1) is 21.1. The lowest BCUT2D eigenvalue weighted by Gasteiger charge is -2.36. The number of nitrogens with zero attached hydrogens (tertiary/aromatic N) is 3. The fourth-order valence-electron chi connectivity index (χ4n) is 6.25. The molecule has 1 aliphatic rings. The SMILES string of the molecule is CC(C)(C)[Si](C)(C)Oc1ccc(-c2cn(CCCCCC(C(=O)NCc3ccccn3)C3CCCC3)c3ncccc23)cc1. The van der Waals surface area contributed by atoms with Crippen LogP contribution in [0.2, 0.25) is 18.1 Å². The molecule has 7 heteroatoms. The predicted molar refractivity (Wildman–Crippen MR) is 183 cm³/mol. The molecule has 234 valence electrons. The molecule has 3 aromatic heterocycles. The highest BCUT2D eigenvalue weighted by Gasteiger charge is 2.39. The highest BCUT2D eigenvalue weighted by atomic mass is 28.4. The van der Waals surface area contributed by atoms with Crippen molar-refractivity contribution in [3.63, 3.8) is 0 Å². The van der Waals surface area contributed by atoms with E-state index in [-0.39, 0.29) is 16.9 Å². The third kappa shape index (κ3) is 7.79. The van der Waals surface area contributed by atoms with Gasteiger partial charge in [0.1, 0.15) is 11.4 Å². The molecule has 0 bridgehead atoms. The monoisotopic (exact) mass is 610 g/mol. The van der Waals surface area contributed by atoms with Crippen molar-refractivity contribution in [1.29, 1.82) is 0 Å². The van der Waals surface area contributed by atoms with E-state index in [2.05, 4.69) is 85.3 Å². The maximum atomic E-state index is 13.2. The van der Waals surface area contributed by atoms with Crippen molar-refractivity contribution < 1.29 is 9.22 Å². The minimum absolute atomic E-state index is 0.102. The Bertz CT molecular complexity index is 1500. The first-order valence-corrected chi connectivity index (χ1v) is 19.4. The normalized spacial score (nSPS) is 15.0. The molecule has 1 atom stereocenters. The van der Waals surface area contributed by atoms with Gasteiger partial charge in [0.2, 0.25) is 14.2 Å². The molecule has 3 heterocycles. The average Bonchev–Trinajstić information content (AvgIpc) is 3.67. The summed E-state index contributed by atoms with van der Waals surface area (Å²) < 4.78 is 8.82. The number of unbranched alkanes of at least 4 members (excludes halogenated alkanes) is 2. The highest BCUT2D eigenvalue weighted by molar-refractivity contribution is 6.74. The summed E-state index contributed by atoms with van der Waals surface area (Å²) in [5.74, 6) is 1.76. The van der Waals surface area contributed by atoms with Crippen LogP contribution in [0, 0.1) is 11.8 Å². The number of hydrogen-bond acceptors (Lipinski definition) is 4. The number of pyridine rings is 2. The van der Waals surface area contributed by atoms with Crippen molar-refractivity contribution in [2.24, 2.45) is 11.8 Å². The minimum atomic E-state index is -1.88. The Morgan fingerprint density at radius 1 is 0.977 bits per heavy atom. The standard InChI is InChI=1S/C37H50N4O2Si/c1-37(2,3)44(4,5)43-31-21-19-29(20-22-31)34-27-41(35-33(34)18-13-24-39-35)25-12-6-7-17-32(28-14-8-9-15-28)36(42)40-26-30-16-10-11-23-38-30/h10-11,13,16,18-24,27-28,32H,6-9,12,14-15,17,25-26H2,1-5H3,(H,40,42). The second kappa shape index (κ2) is 14.1. The van der Waals surface area contributed by atoms with Crippen LogP contribution in [0.1, 0.15) is 77.8 Å². The lowest BCUT2D eigenvalue weighted by Crippen LogP contribution is -2.43. The Hall–Kier alpha value is -3.45. The second-order valence-corrected chi connectivity index (χ2v) is 18.8. The van der Waals surface area contributed by atoms with Gasteiger partial charge in [-0.3, -0.25) is 9.78 Å². The van der Waals surface area contributed by atoms with E-state index in [0.717, 1.165) is 49.3 Å². The minimum Gasteiger partial charge on any atom is -0.544 e. The largest absolute Gasteiger partial charge is 0.544 e. The van der Waals surface area contributed by atoms with Crippen LogP contribution < -0.4 is 9.74 Å². The van der Waals surface area contributed by atoms with Gasteiger partial charge < -0.3 is 14.3 Å². The van der Waals surface area contributed by atoms with Crippen molar-refractivity contribution in [3.05, 3.63) is 78.9 Å². The smallest absolute Gasteiger partial charge is 0.250 e. The van der Waals surface area contributed by atoms with Crippen molar-refractivity contribution in [2.75, 3.05) is 0 Å². The second-order valence-electron chi connectivity index (χ2n) is 14.0. The van der Waals surface area contributed by atoms with E-state index in [1.165, 1.54) is 42.2 Å². The van der Waals surface area contributed by atoms with Gasteiger partial charge in [-0.15, -0.1) is 0 Å². The van der Waals surface area contributed by atoms with Crippen LogP contribution in [0.25, 0.3) is 22.2 Å². The van der Waals surface area contributed by atoms with Gasteiger partial charge in [0.15, 0.2) is 0 Å². The number of benzene rings is 1. The molecule has 44 heavy (non-hydrogen) atoms. The number of aromatic nitrogens is 3. The molecule has 4 aromatic rings. The Kier molecular flexibility index (Phi) is 10.2. The van der Waals surface area contributed by atoms with E-state index in [1.807, 2.05) is 30.5 Å². The molecule has 5 rings (SSSR count). The van der Waals surface area contributed by atoms with Crippen LogP contribution in [0.4, 0.5) is 0 Å². The highest BCUT2D eigenvalue weighted by Crippen LogP contribution is 2.38. The maximum absolute atomic E-state index is 13.2. The molecule has 1 saturated carbocycles. The summed E-state index contributed by atoms with van der Waals surface area (Å²) in [6.45, 7) is 12.8. The first kappa shape index (κ1) is 32.0. The molecule has 0 radical (unpaired) electrons. The third-order valence-electron chi connectivity index (χ3n) is 9.87. The molecule has 1 unspecified atom stereocenters. The third-order valence-corrected chi connectivity index (χ3v) is 14.2. The summed E-state index contributed by atoms with van der Waals surface area (Å²) in [7, 11) is -1.88. The first-order valence-electron chi connectivity index (χ1n) is 16.5. The Morgan fingerprint density at radius 2 is 1.73 bits per heavy atom. The van der Waals surface area contributed by atoms with Crippen molar-refractivity contribution >= 4 is 25.3 Å². The fourth-order valence-corrected chi connectivity index (χ4v) is 7.28. The molecule has 0 saturated heterocycles. The van der Waals surface area contributed by atoms with Crippen molar-refractivity contribution in [3.8, 4) is 16.9 Å². The number of amides is 1. The molecular formula is C37H50N4O2Si. The van der Waals surface area contributed by atoms with E-state index in [9.17, 15) is 4.79 Å². The van der Waals surface area contributed by atoms with Gasteiger partial charge in [0, 0.05) is 42.0 Å². The zero-order valence-corrected chi connectivity index (χ0v) is 28.3. The molecular weight excluding hydrogens is 561 g/mol. The lowest BCUT2D eigenvalue weighted by atomic mass is 9.85. The van der Waals surface area contributed by atoms with Crippen LogP contribution in [0.15, 0.2) is 73.2 Å². The lowest BCUT2D eigenvalue weighted by molar-refractivity contribution is -0.127. The molecule has 1 N–H and O–H groups in total. The van der Waals surface area contributed by atoms with E-state index in [0.29, 0.717) is 12.5 Å². The number of fused-ring (bicyclic) bond motifs is 1. The van der Waals surface area contributed by atoms with E-state index >= 15 is 0 Å². The van der Waals surface area contributed by atoms with Crippen molar-refractivity contribution in [1.82, 2.24) is 19.9 Å². The van der Waals surface area contributed by atoms with Crippen LogP contribution in [0.5, 0.6) is 5.75 Å². The van der Waals surface area contributed by atoms with Gasteiger partial charge in [-0.2, -0.15) is 0 Å². The quantitative estimate of drug-likeness (QED) is 0.121. The number of hydrogen-bond donors (Lipinski definition) is 1. The van der Waals surface area contributed by atoms with Gasteiger partial charge >= 0.3 is 0 Å². The Labute approximate surface area is 264 Å². The summed E-state index contributed by atoms with van der Waals surface area (Å²) in [5, 5.41) is 4.52. The molecule has 0 spiro atoms. The molecule has 1 aliphatic carbocycles. The van der Waals surface area contributed by atoms with Gasteiger partial charge in [-0.1, -0.05) is 64.7 Å². The summed E-state index contributed by atoms with van der Waals surface area (Å²) in [5.41, 5.74) is 4.33. The zero-order chi connectivity index (χ0) is 31.2. The van der Waals surface area contributed by atoms with Crippen LogP contribution in [0.3, 0.4) is 0 Å². The van der Waals surface area contributed by atoms with Crippen LogP contribution in [-0.2, 0) is 17.9 Å². The Balaban J connectivity index is 1.19. The fraction of sp³-hybridized carbons (Fsp3) is 0.486. The summed E-state index contributed by atoms with van der Waals surface area (Å²) in [6, 6.07) is 18.6. The average molecular weight is 611 g/mol. The number of aryl methyl sites for hydroxylation is 1. The Morgan fingerprint density at radius 3 is 2.43 bits per heavy atom.